The summed E-state index contributed by atoms with van der Waals surface area (Å²) >= 11 is 0. The summed E-state index contributed by atoms with van der Waals surface area (Å²) < 4.78 is 171. The highest BCUT2D eigenvalue weighted by molar-refractivity contribution is 6.13. The number of nitriles is 1. The van der Waals surface area contributed by atoms with E-state index in [2.05, 4.69) is 11.1 Å². The molecule has 0 unspecified atom stereocenters. The Bertz CT molecular complexity index is 3710. The van der Waals surface area contributed by atoms with E-state index in [1.807, 2.05) is 9.13 Å². The smallest absolute Gasteiger partial charge is 0.309 e. The van der Waals surface area contributed by atoms with Crippen LogP contribution in [0.1, 0.15) is 27.8 Å². The van der Waals surface area contributed by atoms with Crippen molar-refractivity contribution in [2.24, 2.45) is 0 Å². The van der Waals surface area contributed by atoms with Crippen LogP contribution in [0.3, 0.4) is 0 Å². The summed E-state index contributed by atoms with van der Waals surface area (Å²) in [7, 11) is 0. The van der Waals surface area contributed by atoms with Gasteiger partial charge >= 0.3 is 24.7 Å². The highest BCUT2D eigenvalue weighted by Crippen LogP contribution is 2.46. The van der Waals surface area contributed by atoms with Gasteiger partial charge in [0.1, 0.15) is 0 Å². The first kappa shape index (κ1) is 43.8. The molecule has 10 rings (SSSR count). The maximum atomic E-state index is 14.4. The predicted molar refractivity (Wildman–Crippen MR) is 234 cm³/mol. The lowest BCUT2D eigenvalue weighted by molar-refractivity contribution is -0.144. The molecule has 0 N–H and O–H groups in total. The van der Waals surface area contributed by atoms with E-state index in [1.54, 1.807) is 91.1 Å². The summed E-state index contributed by atoms with van der Waals surface area (Å²) in [4.78, 5) is 4.44. The molecule has 0 atom stereocenters. The van der Waals surface area contributed by atoms with Gasteiger partial charge < -0.3 is 9.13 Å². The number of halogens is 12. The number of aromatic nitrogens is 3. The van der Waals surface area contributed by atoms with Crippen LogP contribution in [-0.4, -0.2) is 14.1 Å². The molecule has 10 aromatic rings. The molecule has 16 heteroatoms. The monoisotopic (exact) mass is 934 g/mol. The van der Waals surface area contributed by atoms with Crippen LogP contribution < -0.4 is 0 Å². The van der Waals surface area contributed by atoms with E-state index in [0.717, 1.165) is 12.1 Å². The average molecular weight is 935 g/mol. The Kier molecular flexibility index (Phi) is 9.99. The molecular formula is C52H26F12N4. The molecule has 0 aliphatic carbocycles. The molecule has 4 nitrogen and oxygen atoms in total. The van der Waals surface area contributed by atoms with Gasteiger partial charge in [0.2, 0.25) is 0 Å². The van der Waals surface area contributed by atoms with E-state index in [1.165, 1.54) is 30.5 Å². The van der Waals surface area contributed by atoms with Crippen LogP contribution in [0.25, 0.3) is 88.4 Å². The molecule has 68 heavy (non-hydrogen) atoms. The minimum atomic E-state index is -5.12. The van der Waals surface area contributed by atoms with Crippen LogP contribution in [-0.2, 0) is 24.7 Å². The maximum absolute atomic E-state index is 14.4. The fraction of sp³-hybridized carbons (Fsp3) is 0.0769. The second-order valence-corrected chi connectivity index (χ2v) is 15.9. The number of alkyl halides is 12. The number of hydrogen-bond donors (Lipinski definition) is 0. The van der Waals surface area contributed by atoms with Crippen molar-refractivity contribution < 1.29 is 52.7 Å². The highest BCUT2D eigenvalue weighted by Gasteiger charge is 2.40. The first-order valence-corrected chi connectivity index (χ1v) is 20.4. The van der Waals surface area contributed by atoms with Crippen molar-refractivity contribution in [3.63, 3.8) is 0 Å². The second-order valence-electron chi connectivity index (χ2n) is 15.9. The predicted octanol–water partition coefficient (Wildman–Crippen LogP) is 16.2. The second kappa shape index (κ2) is 15.5. The first-order valence-electron chi connectivity index (χ1n) is 20.4. The van der Waals surface area contributed by atoms with E-state index in [0.29, 0.717) is 78.2 Å². The van der Waals surface area contributed by atoms with Crippen molar-refractivity contribution in [1.82, 2.24) is 14.1 Å². The van der Waals surface area contributed by atoms with Gasteiger partial charge in [-0.05, 0) is 107 Å². The van der Waals surface area contributed by atoms with Crippen LogP contribution in [0.4, 0.5) is 52.7 Å². The Hall–Kier alpha value is -8.06. The van der Waals surface area contributed by atoms with Gasteiger partial charge in [-0.25, -0.2) is 0 Å². The van der Waals surface area contributed by atoms with E-state index in [4.69, 9.17) is 0 Å². The number of para-hydroxylation sites is 2. The summed E-state index contributed by atoms with van der Waals surface area (Å²) in [5.41, 5.74) is -2.30. The Balaban J connectivity index is 1.18. The third-order valence-electron chi connectivity index (χ3n) is 12.0. The van der Waals surface area contributed by atoms with Gasteiger partial charge in [-0.1, -0.05) is 60.7 Å². The van der Waals surface area contributed by atoms with Crippen molar-refractivity contribution in [2.75, 3.05) is 0 Å². The molecule has 0 fully saturated rings. The van der Waals surface area contributed by atoms with Gasteiger partial charge in [0.25, 0.3) is 0 Å². The summed E-state index contributed by atoms with van der Waals surface area (Å²) in [5, 5.41) is 12.3. The zero-order valence-corrected chi connectivity index (χ0v) is 34.3. The average Bonchev–Trinajstić information content (AvgIpc) is 3.82. The molecule has 0 saturated heterocycles. The number of fused-ring (bicyclic) bond motifs is 6. The topological polar surface area (TPSA) is 46.5 Å². The quantitative estimate of drug-likeness (QED) is 0.161. The molecule has 0 aliphatic rings. The SMILES string of the molecule is N#Cc1ccc(-n2c3ccccc3c3cc(-c4ccc(C(F)(F)F)cc4C(F)(F)F)ccc32)c(-c2ccncc2-n2c3ccccc3c3cc(-c4ccc(C(F)(F)F)cc4C(F)(F)F)ccc32)c1. The van der Waals surface area contributed by atoms with Gasteiger partial charge in [0, 0.05) is 38.9 Å². The zero-order chi connectivity index (χ0) is 48.1. The van der Waals surface area contributed by atoms with Gasteiger partial charge in [-0.2, -0.15) is 57.9 Å². The lowest BCUT2D eigenvalue weighted by Gasteiger charge is -2.19. The van der Waals surface area contributed by atoms with Crippen molar-refractivity contribution in [1.29, 1.82) is 5.26 Å². The molecule has 3 heterocycles. The molecule has 7 aromatic carbocycles. The third-order valence-corrected chi connectivity index (χ3v) is 12.0. The Morgan fingerprint density at radius 1 is 0.397 bits per heavy atom. The van der Waals surface area contributed by atoms with Crippen LogP contribution in [0, 0.1) is 11.3 Å². The molecule has 338 valence electrons. The zero-order valence-electron chi connectivity index (χ0n) is 34.3. The standard InChI is InChI=1S/C52H26F12N4/c53-49(54,55)31-12-14-33(41(24-31)51(59,60)61)29-10-17-46-39(22-29)35-5-1-3-7-43(35)67(46)45-16-9-28(26-65)21-38(45)37-19-20-66-27-48(37)68-44-8-4-2-6-36(44)40-23-30(11-18-47(40)68)34-15-13-32(50(56,57)58)25-42(34)52(62,63)64/h1-25,27H. The largest absolute Gasteiger partial charge is 0.417 e. The summed E-state index contributed by atoms with van der Waals surface area (Å²) in [6.45, 7) is 0. The summed E-state index contributed by atoms with van der Waals surface area (Å²) in [6, 6.07) is 34.8. The Labute approximate surface area is 376 Å². The van der Waals surface area contributed by atoms with Gasteiger partial charge in [0.05, 0.1) is 73.5 Å². The number of rotatable bonds is 5. The fourth-order valence-corrected chi connectivity index (χ4v) is 9.02. The van der Waals surface area contributed by atoms with Crippen LogP contribution in [0.5, 0.6) is 0 Å². The number of pyridine rings is 1. The molecule has 0 amide bonds. The minimum absolute atomic E-state index is 0.0133. The molecule has 0 aliphatic heterocycles. The van der Waals surface area contributed by atoms with E-state index < -0.39 is 58.1 Å². The van der Waals surface area contributed by atoms with E-state index in [9.17, 15) is 57.9 Å². The Morgan fingerprint density at radius 3 is 1.34 bits per heavy atom. The lowest BCUT2D eigenvalue weighted by atomic mass is 9.95. The minimum Gasteiger partial charge on any atom is -0.309 e. The molecular weight excluding hydrogens is 909 g/mol. The van der Waals surface area contributed by atoms with Crippen molar-refractivity contribution in [2.45, 2.75) is 24.7 Å². The summed E-state index contributed by atoms with van der Waals surface area (Å²) in [5.74, 6) is 0. The maximum Gasteiger partial charge on any atom is 0.417 e. The van der Waals surface area contributed by atoms with E-state index in [-0.39, 0.29) is 28.8 Å². The van der Waals surface area contributed by atoms with E-state index >= 15 is 0 Å². The van der Waals surface area contributed by atoms with Gasteiger partial charge in [-0.15, -0.1) is 0 Å². The number of nitrogens with zero attached hydrogens (tertiary/aromatic N) is 4. The van der Waals surface area contributed by atoms with Gasteiger partial charge in [-0.3, -0.25) is 4.98 Å². The van der Waals surface area contributed by atoms with Crippen LogP contribution in [0.2, 0.25) is 0 Å². The normalized spacial score (nSPS) is 12.7. The molecule has 0 bridgehead atoms. The van der Waals surface area contributed by atoms with Gasteiger partial charge in [0.15, 0.2) is 0 Å². The number of hydrogen-bond acceptors (Lipinski definition) is 2. The van der Waals surface area contributed by atoms with Crippen molar-refractivity contribution in [3.05, 3.63) is 186 Å². The third kappa shape index (κ3) is 7.34. The van der Waals surface area contributed by atoms with Crippen molar-refractivity contribution >= 4 is 43.6 Å². The number of benzene rings is 7. The van der Waals surface area contributed by atoms with Crippen LogP contribution >= 0.6 is 0 Å². The highest BCUT2D eigenvalue weighted by atomic mass is 19.4. The lowest BCUT2D eigenvalue weighted by Crippen LogP contribution is -2.12. The fourth-order valence-electron chi connectivity index (χ4n) is 9.02. The molecule has 0 spiro atoms. The molecule has 0 saturated carbocycles. The Morgan fingerprint density at radius 2 is 0.868 bits per heavy atom. The molecule has 0 radical (unpaired) electrons. The molecule has 3 aromatic heterocycles. The first-order chi connectivity index (χ1) is 32.2. The summed E-state index contributed by atoms with van der Waals surface area (Å²) in [6.07, 6.45) is -17.2. The van der Waals surface area contributed by atoms with Crippen LogP contribution in [0.15, 0.2) is 158 Å². The van der Waals surface area contributed by atoms with Crippen molar-refractivity contribution in [3.8, 4) is 50.8 Å².